The molecule has 0 aliphatic carbocycles. The smallest absolute Gasteiger partial charge is 0.370 e. The molecule has 142 valence electrons. The number of nitrogens with zero attached hydrogens (tertiary/aromatic N) is 4. The van der Waals surface area contributed by atoms with Crippen molar-refractivity contribution in [2.75, 3.05) is 37.6 Å². The summed E-state index contributed by atoms with van der Waals surface area (Å²) in [5.74, 6) is 6.04. The molecule has 3 rings (SSSR count). The summed E-state index contributed by atoms with van der Waals surface area (Å²) in [5, 5.41) is 2.96. The summed E-state index contributed by atoms with van der Waals surface area (Å²) in [6.07, 6.45) is -2.55. The molecule has 0 saturated carbocycles. The Balaban J connectivity index is 1.50. The third kappa shape index (κ3) is 5.14. The number of hydrogen-bond acceptors (Lipinski definition) is 4. The molecule has 2 heterocycles. The average Bonchev–Trinajstić information content (AvgIpc) is 3.20. The van der Waals surface area contributed by atoms with Gasteiger partial charge in [0.2, 0.25) is 0 Å². The number of halogens is 3. The second-order valence-corrected chi connectivity index (χ2v) is 6.71. The summed E-state index contributed by atoms with van der Waals surface area (Å²) < 4.78 is 37.6. The number of hydrogen-bond donors (Lipinski definition) is 1. The number of nitrogens with two attached hydrogens (primary N) is 1. The van der Waals surface area contributed by atoms with E-state index in [0.717, 1.165) is 43.4 Å². The van der Waals surface area contributed by atoms with Gasteiger partial charge < -0.3 is 15.5 Å². The Hall–Kier alpha value is -2.73. The van der Waals surface area contributed by atoms with Crippen LogP contribution in [0.15, 0.2) is 40.8 Å². The lowest BCUT2D eigenvalue weighted by Gasteiger charge is -2.35. The van der Waals surface area contributed by atoms with E-state index in [1.165, 1.54) is 12.1 Å². The zero-order valence-electron chi connectivity index (χ0n) is 14.4. The van der Waals surface area contributed by atoms with Gasteiger partial charge in [0.1, 0.15) is 6.54 Å². The van der Waals surface area contributed by atoms with Gasteiger partial charge in [-0.25, -0.2) is 9.98 Å². The Labute approximate surface area is 159 Å². The summed E-state index contributed by atoms with van der Waals surface area (Å²) in [6.45, 7) is 3.34. The van der Waals surface area contributed by atoms with Gasteiger partial charge in [-0.1, -0.05) is 11.8 Å². The van der Waals surface area contributed by atoms with Gasteiger partial charge in [0.05, 0.1) is 5.56 Å². The molecule has 1 aliphatic rings. The third-order valence-corrected chi connectivity index (χ3v) is 4.89. The van der Waals surface area contributed by atoms with Crippen LogP contribution in [0.1, 0.15) is 11.1 Å². The Bertz CT molecular complexity index is 827. The molecule has 0 radical (unpaired) electrons. The van der Waals surface area contributed by atoms with Gasteiger partial charge >= 0.3 is 6.18 Å². The van der Waals surface area contributed by atoms with E-state index in [9.17, 15) is 13.2 Å². The van der Waals surface area contributed by atoms with Crippen LogP contribution in [0.2, 0.25) is 0 Å². The molecule has 1 aliphatic heterocycles. The van der Waals surface area contributed by atoms with Crippen LogP contribution in [0.5, 0.6) is 0 Å². The topological polar surface area (TPSA) is 57.8 Å². The fourth-order valence-electron chi connectivity index (χ4n) is 2.60. The average molecular weight is 393 g/mol. The van der Waals surface area contributed by atoms with E-state index < -0.39 is 11.7 Å². The molecule has 2 aromatic rings. The maximum atomic E-state index is 12.5. The minimum atomic E-state index is -4.34. The normalized spacial score (nSPS) is 15.4. The minimum absolute atomic E-state index is 0.194. The molecule has 1 fully saturated rings. The van der Waals surface area contributed by atoms with Crippen LogP contribution in [0.4, 0.5) is 18.3 Å². The Morgan fingerprint density at radius 3 is 2.48 bits per heavy atom. The molecule has 5 nitrogen and oxygen atoms in total. The van der Waals surface area contributed by atoms with Gasteiger partial charge in [0.25, 0.3) is 0 Å². The SMILES string of the molecule is NC(=NCC#Cc1ccc(C(F)(F)F)cc1)N1CCN(c2nccs2)CC1. The van der Waals surface area contributed by atoms with Crippen molar-refractivity contribution in [3.63, 3.8) is 0 Å². The molecule has 1 aromatic carbocycles. The van der Waals surface area contributed by atoms with E-state index in [0.29, 0.717) is 11.5 Å². The Morgan fingerprint density at radius 1 is 1.19 bits per heavy atom. The predicted molar refractivity (Wildman–Crippen MR) is 101 cm³/mol. The fourth-order valence-corrected chi connectivity index (χ4v) is 3.30. The van der Waals surface area contributed by atoms with Crippen molar-refractivity contribution in [3.8, 4) is 11.8 Å². The summed E-state index contributed by atoms with van der Waals surface area (Å²) in [5.41, 5.74) is 5.83. The first-order chi connectivity index (χ1) is 12.9. The molecule has 1 saturated heterocycles. The van der Waals surface area contributed by atoms with E-state index in [-0.39, 0.29) is 6.54 Å². The summed E-state index contributed by atoms with van der Waals surface area (Å²) in [7, 11) is 0. The molecule has 9 heteroatoms. The van der Waals surface area contributed by atoms with E-state index in [4.69, 9.17) is 5.73 Å². The number of thiazole rings is 1. The molecular formula is C18H18F3N5S. The number of piperazine rings is 1. The molecule has 1 aromatic heterocycles. The first-order valence-corrected chi connectivity index (χ1v) is 9.17. The van der Waals surface area contributed by atoms with Gasteiger partial charge in [0, 0.05) is 43.3 Å². The molecule has 2 N–H and O–H groups in total. The second kappa shape index (κ2) is 8.31. The Kier molecular flexibility index (Phi) is 5.86. The summed E-state index contributed by atoms with van der Waals surface area (Å²) in [4.78, 5) is 12.7. The Morgan fingerprint density at radius 2 is 1.89 bits per heavy atom. The molecular weight excluding hydrogens is 375 g/mol. The van der Waals surface area contributed by atoms with Crippen LogP contribution in [0, 0.1) is 11.8 Å². The van der Waals surface area contributed by atoms with Crippen molar-refractivity contribution >= 4 is 22.4 Å². The van der Waals surface area contributed by atoms with Crippen molar-refractivity contribution in [1.82, 2.24) is 9.88 Å². The van der Waals surface area contributed by atoms with Crippen molar-refractivity contribution in [3.05, 3.63) is 47.0 Å². The van der Waals surface area contributed by atoms with Gasteiger partial charge in [-0.3, -0.25) is 0 Å². The van der Waals surface area contributed by atoms with E-state index in [2.05, 4.69) is 26.7 Å². The second-order valence-electron chi connectivity index (χ2n) is 5.84. The number of rotatable bonds is 2. The van der Waals surface area contributed by atoms with Gasteiger partial charge in [-0.2, -0.15) is 13.2 Å². The minimum Gasteiger partial charge on any atom is -0.370 e. The highest BCUT2D eigenvalue weighted by Gasteiger charge is 2.29. The van der Waals surface area contributed by atoms with Crippen LogP contribution in [-0.4, -0.2) is 48.6 Å². The molecule has 0 atom stereocenters. The predicted octanol–water partition coefficient (Wildman–Crippen LogP) is 2.65. The van der Waals surface area contributed by atoms with Crippen LogP contribution < -0.4 is 10.6 Å². The first-order valence-electron chi connectivity index (χ1n) is 8.29. The number of benzene rings is 1. The molecule has 27 heavy (non-hydrogen) atoms. The van der Waals surface area contributed by atoms with Crippen molar-refractivity contribution < 1.29 is 13.2 Å². The largest absolute Gasteiger partial charge is 0.416 e. The monoisotopic (exact) mass is 393 g/mol. The third-order valence-electron chi connectivity index (χ3n) is 4.06. The highest BCUT2D eigenvalue weighted by atomic mass is 32.1. The standard InChI is InChI=1S/C18H18F3N5S/c19-18(20,21)15-5-3-14(4-6-15)2-1-7-23-16(22)25-9-11-26(12-10-25)17-24-8-13-27-17/h3-6,8,13H,7,9-12H2,(H2,22,23). The van der Waals surface area contributed by atoms with E-state index in [1.54, 1.807) is 17.5 Å². The molecule has 0 bridgehead atoms. The quantitative estimate of drug-likeness (QED) is 0.484. The fraction of sp³-hybridized carbons (Fsp3) is 0.333. The highest BCUT2D eigenvalue weighted by molar-refractivity contribution is 7.13. The number of alkyl halides is 3. The highest BCUT2D eigenvalue weighted by Crippen LogP contribution is 2.28. The molecule has 0 unspecified atom stereocenters. The zero-order chi connectivity index (χ0) is 19.3. The number of guanidine groups is 1. The van der Waals surface area contributed by atoms with Crippen LogP contribution >= 0.6 is 11.3 Å². The summed E-state index contributed by atoms with van der Waals surface area (Å²) in [6, 6.07) is 4.73. The maximum Gasteiger partial charge on any atom is 0.416 e. The number of aliphatic imine (C=N–C) groups is 1. The van der Waals surface area contributed by atoms with Crippen LogP contribution in [0.3, 0.4) is 0 Å². The van der Waals surface area contributed by atoms with Gasteiger partial charge in [-0.15, -0.1) is 11.3 Å². The molecule has 0 spiro atoms. The van der Waals surface area contributed by atoms with Crippen molar-refractivity contribution in [1.29, 1.82) is 0 Å². The van der Waals surface area contributed by atoms with Gasteiger partial charge in [-0.05, 0) is 24.3 Å². The lowest BCUT2D eigenvalue weighted by atomic mass is 10.1. The van der Waals surface area contributed by atoms with Crippen molar-refractivity contribution in [2.24, 2.45) is 10.7 Å². The molecule has 0 amide bonds. The lowest BCUT2D eigenvalue weighted by molar-refractivity contribution is -0.137. The van der Waals surface area contributed by atoms with E-state index >= 15 is 0 Å². The van der Waals surface area contributed by atoms with Gasteiger partial charge in [0.15, 0.2) is 11.1 Å². The van der Waals surface area contributed by atoms with Crippen molar-refractivity contribution in [2.45, 2.75) is 6.18 Å². The number of aromatic nitrogens is 1. The number of anilines is 1. The van der Waals surface area contributed by atoms with Crippen LogP contribution in [-0.2, 0) is 6.18 Å². The lowest BCUT2D eigenvalue weighted by Crippen LogP contribution is -2.51. The zero-order valence-corrected chi connectivity index (χ0v) is 15.2. The summed E-state index contributed by atoms with van der Waals surface area (Å²) >= 11 is 1.61. The van der Waals surface area contributed by atoms with Crippen LogP contribution in [0.25, 0.3) is 0 Å². The van der Waals surface area contributed by atoms with E-state index in [1.807, 2.05) is 10.3 Å². The first kappa shape index (κ1) is 19.0. The maximum absolute atomic E-state index is 12.5.